The Bertz CT molecular complexity index is 739. The lowest BCUT2D eigenvalue weighted by molar-refractivity contribution is -0.143. The summed E-state index contributed by atoms with van der Waals surface area (Å²) in [5, 5.41) is 0. The van der Waals surface area contributed by atoms with Gasteiger partial charge in [-0.25, -0.2) is 0 Å². The van der Waals surface area contributed by atoms with Crippen LogP contribution in [-0.4, -0.2) is 30.9 Å². The van der Waals surface area contributed by atoms with Crippen LogP contribution in [0.15, 0.2) is 54.6 Å². The van der Waals surface area contributed by atoms with Crippen LogP contribution >= 0.6 is 0 Å². The minimum Gasteiger partial charge on any atom is -0.497 e. The van der Waals surface area contributed by atoms with Crippen LogP contribution < -0.4 is 4.74 Å². The Kier molecular flexibility index (Phi) is 5.74. The maximum absolute atomic E-state index is 13.0. The highest BCUT2D eigenvalue weighted by Crippen LogP contribution is 2.33. The number of benzene rings is 2. The molecule has 0 saturated carbocycles. The van der Waals surface area contributed by atoms with Gasteiger partial charge in [-0.2, -0.15) is 0 Å². The molecule has 26 heavy (non-hydrogen) atoms. The molecule has 0 aromatic heterocycles. The van der Waals surface area contributed by atoms with Crippen LogP contribution in [0.1, 0.15) is 42.6 Å². The lowest BCUT2D eigenvalue weighted by atomic mass is 9.97. The molecule has 1 aliphatic heterocycles. The number of Topliss-reactive ketones (excluding diaryl/α,β-unsaturated/α-hetero) is 1. The first-order chi connectivity index (χ1) is 12.5. The molecule has 1 saturated heterocycles. The molecule has 1 aliphatic rings. The minimum absolute atomic E-state index is 0.0563. The van der Waals surface area contributed by atoms with E-state index in [0.717, 1.165) is 19.3 Å². The number of rotatable bonds is 7. The predicted molar refractivity (Wildman–Crippen MR) is 101 cm³/mol. The molecule has 3 rings (SSSR count). The van der Waals surface area contributed by atoms with Gasteiger partial charge in [0.05, 0.1) is 13.2 Å². The van der Waals surface area contributed by atoms with Crippen LogP contribution in [0, 0.1) is 0 Å². The molecule has 0 N–H and O–H groups in total. The zero-order valence-electron chi connectivity index (χ0n) is 15.6. The normalized spacial score (nSPS) is 21.5. The van der Waals surface area contributed by atoms with Gasteiger partial charge in [0.2, 0.25) is 0 Å². The lowest BCUT2D eigenvalue weighted by Gasteiger charge is -2.16. The topological polar surface area (TPSA) is 44.8 Å². The number of aryl methyl sites for hydroxylation is 1. The van der Waals surface area contributed by atoms with Gasteiger partial charge in [0.25, 0.3) is 0 Å². The van der Waals surface area contributed by atoms with Gasteiger partial charge < -0.3 is 14.2 Å². The summed E-state index contributed by atoms with van der Waals surface area (Å²) in [7, 11) is 1.59. The van der Waals surface area contributed by atoms with E-state index in [9.17, 15) is 4.79 Å². The van der Waals surface area contributed by atoms with Crippen LogP contribution in [0.5, 0.6) is 5.75 Å². The smallest absolute Gasteiger partial charge is 0.194 e. The van der Waals surface area contributed by atoms with Gasteiger partial charge in [-0.3, -0.25) is 4.79 Å². The highest BCUT2D eigenvalue weighted by Gasteiger charge is 2.44. The molecule has 138 valence electrons. The molecule has 2 aromatic rings. The molecule has 0 amide bonds. The Hall–Kier alpha value is -2.17. The van der Waals surface area contributed by atoms with Gasteiger partial charge in [0, 0.05) is 5.56 Å². The second-order valence-corrected chi connectivity index (χ2v) is 7.07. The number of hydrogen-bond donors (Lipinski definition) is 0. The standard InChI is InChI=1S/C22H26O4/c1-22(2)25-19(14-7-11-16-9-5-4-6-10-16)21(26-22)20(23)17-12-8-13-18(15-17)24-3/h4-6,8-10,12-13,15,19,21H,7,11,14H2,1-3H3/t19-,21+/m0/s1. The average Bonchev–Trinajstić information content (AvgIpc) is 2.96. The molecule has 0 spiro atoms. The molecule has 4 nitrogen and oxygen atoms in total. The van der Waals surface area contributed by atoms with Crippen LogP contribution in [0.25, 0.3) is 0 Å². The first-order valence-electron chi connectivity index (χ1n) is 9.06. The van der Waals surface area contributed by atoms with E-state index in [4.69, 9.17) is 14.2 Å². The van der Waals surface area contributed by atoms with Crippen LogP contribution in [0.2, 0.25) is 0 Å². The first kappa shape index (κ1) is 18.6. The fourth-order valence-electron chi connectivity index (χ4n) is 3.36. The monoisotopic (exact) mass is 354 g/mol. The SMILES string of the molecule is COc1cccc(C(=O)[C@@H]2OC(C)(C)O[C@H]2CCCc2ccccc2)c1. The summed E-state index contributed by atoms with van der Waals surface area (Å²) < 4.78 is 17.2. The van der Waals surface area contributed by atoms with E-state index in [1.165, 1.54) is 5.56 Å². The van der Waals surface area contributed by atoms with Crippen molar-refractivity contribution in [3.63, 3.8) is 0 Å². The Labute approximate surface area is 155 Å². The van der Waals surface area contributed by atoms with Gasteiger partial charge in [-0.1, -0.05) is 42.5 Å². The zero-order chi connectivity index (χ0) is 18.6. The first-order valence-corrected chi connectivity index (χ1v) is 9.06. The second kappa shape index (κ2) is 8.02. The highest BCUT2D eigenvalue weighted by atomic mass is 16.8. The van der Waals surface area contributed by atoms with Gasteiger partial charge in [0.15, 0.2) is 11.6 Å². The third-order valence-electron chi connectivity index (χ3n) is 4.59. The van der Waals surface area contributed by atoms with Crippen molar-refractivity contribution < 1.29 is 19.0 Å². The summed E-state index contributed by atoms with van der Waals surface area (Å²) in [5.74, 6) is -0.148. The van der Waals surface area contributed by atoms with Crippen molar-refractivity contribution in [2.45, 2.75) is 51.1 Å². The van der Waals surface area contributed by atoms with E-state index in [1.807, 2.05) is 44.2 Å². The van der Waals surface area contributed by atoms with E-state index in [0.29, 0.717) is 11.3 Å². The van der Waals surface area contributed by atoms with E-state index in [-0.39, 0.29) is 11.9 Å². The van der Waals surface area contributed by atoms with Gasteiger partial charge in [0.1, 0.15) is 11.9 Å². The van der Waals surface area contributed by atoms with Gasteiger partial charge in [-0.15, -0.1) is 0 Å². The van der Waals surface area contributed by atoms with Crippen molar-refractivity contribution in [2.24, 2.45) is 0 Å². The summed E-state index contributed by atoms with van der Waals surface area (Å²) in [4.78, 5) is 13.0. The molecule has 0 unspecified atom stereocenters. The Morgan fingerprint density at radius 1 is 1.08 bits per heavy atom. The van der Waals surface area contributed by atoms with E-state index >= 15 is 0 Å². The van der Waals surface area contributed by atoms with Crippen molar-refractivity contribution in [3.05, 3.63) is 65.7 Å². The number of carbonyl (C=O) groups excluding carboxylic acids is 1. The molecule has 2 aromatic carbocycles. The largest absolute Gasteiger partial charge is 0.497 e. The lowest BCUT2D eigenvalue weighted by Crippen LogP contribution is -2.31. The fourth-order valence-corrected chi connectivity index (χ4v) is 3.36. The van der Waals surface area contributed by atoms with E-state index in [1.54, 1.807) is 19.2 Å². The highest BCUT2D eigenvalue weighted by molar-refractivity contribution is 6.00. The summed E-state index contributed by atoms with van der Waals surface area (Å²) in [6, 6.07) is 17.5. The molecule has 0 radical (unpaired) electrons. The fraction of sp³-hybridized carbons (Fsp3) is 0.409. The van der Waals surface area contributed by atoms with Crippen molar-refractivity contribution in [2.75, 3.05) is 7.11 Å². The van der Waals surface area contributed by atoms with Crippen molar-refractivity contribution in [1.82, 2.24) is 0 Å². The molecule has 1 heterocycles. The Morgan fingerprint density at radius 2 is 1.85 bits per heavy atom. The summed E-state index contributed by atoms with van der Waals surface area (Å²) >= 11 is 0. The maximum atomic E-state index is 13.0. The van der Waals surface area contributed by atoms with E-state index < -0.39 is 11.9 Å². The van der Waals surface area contributed by atoms with Crippen LogP contribution in [-0.2, 0) is 15.9 Å². The van der Waals surface area contributed by atoms with Crippen molar-refractivity contribution in [1.29, 1.82) is 0 Å². The van der Waals surface area contributed by atoms with Crippen LogP contribution in [0.3, 0.4) is 0 Å². The summed E-state index contributed by atoms with van der Waals surface area (Å²) in [5.41, 5.74) is 1.88. The molecular formula is C22H26O4. The van der Waals surface area contributed by atoms with Crippen molar-refractivity contribution >= 4 is 5.78 Å². The number of carbonyl (C=O) groups is 1. The van der Waals surface area contributed by atoms with Gasteiger partial charge >= 0.3 is 0 Å². The number of ketones is 1. The number of hydrogen-bond acceptors (Lipinski definition) is 4. The summed E-state index contributed by atoms with van der Waals surface area (Å²) in [6.07, 6.45) is 1.84. The molecule has 4 heteroatoms. The Balaban J connectivity index is 1.68. The van der Waals surface area contributed by atoms with Gasteiger partial charge in [-0.05, 0) is 50.8 Å². The average molecular weight is 354 g/mol. The Morgan fingerprint density at radius 3 is 2.58 bits per heavy atom. The third kappa shape index (κ3) is 4.51. The quantitative estimate of drug-likeness (QED) is 0.691. The predicted octanol–water partition coefficient (Wildman–Crippen LogP) is 4.42. The maximum Gasteiger partial charge on any atom is 0.194 e. The number of methoxy groups -OCH3 is 1. The molecular weight excluding hydrogens is 328 g/mol. The second-order valence-electron chi connectivity index (χ2n) is 7.07. The molecule has 0 aliphatic carbocycles. The third-order valence-corrected chi connectivity index (χ3v) is 4.59. The molecule has 0 bridgehead atoms. The summed E-state index contributed by atoms with van der Waals surface area (Å²) in [6.45, 7) is 3.71. The van der Waals surface area contributed by atoms with Crippen molar-refractivity contribution in [3.8, 4) is 5.75 Å². The van der Waals surface area contributed by atoms with Crippen LogP contribution in [0.4, 0.5) is 0 Å². The zero-order valence-corrected chi connectivity index (χ0v) is 15.6. The molecule has 2 atom stereocenters. The van der Waals surface area contributed by atoms with E-state index in [2.05, 4.69) is 12.1 Å². The minimum atomic E-state index is -0.753. The number of ether oxygens (including phenoxy) is 3. The molecule has 1 fully saturated rings.